The van der Waals surface area contributed by atoms with E-state index in [-0.39, 0.29) is 17.4 Å². The number of thioether (sulfide) groups is 1. The van der Waals surface area contributed by atoms with E-state index >= 15 is 0 Å². The quantitative estimate of drug-likeness (QED) is 0.457. The van der Waals surface area contributed by atoms with E-state index in [4.69, 9.17) is 0 Å². The molecule has 132 valence electrons. The molecule has 3 rings (SSSR count). The molecule has 1 aromatic carbocycles. The van der Waals surface area contributed by atoms with Crippen LogP contribution in [0.25, 0.3) is 0 Å². The Balaban J connectivity index is 1.63. The lowest BCUT2D eigenvalue weighted by molar-refractivity contribution is 0.102. The standard InChI is InChI=1S/C19H22FN3OS/c1-13-9-14(2)11-23(10-13)18-7-8-21-19(22-18)25-12-17(24)15-3-5-16(20)6-4-15/h3-8,13-14H,9-12H2,1-2H3. The number of Topliss-reactive ketones (excluding diaryl/α,β-unsaturated/α-hetero) is 1. The second-order valence-electron chi connectivity index (χ2n) is 6.77. The Labute approximate surface area is 151 Å². The van der Waals surface area contributed by atoms with Crippen LogP contribution in [0.1, 0.15) is 30.6 Å². The van der Waals surface area contributed by atoms with Gasteiger partial charge in [0, 0.05) is 24.8 Å². The van der Waals surface area contributed by atoms with Crippen molar-refractivity contribution in [3.8, 4) is 0 Å². The highest BCUT2D eigenvalue weighted by molar-refractivity contribution is 7.99. The zero-order chi connectivity index (χ0) is 17.8. The molecule has 0 N–H and O–H groups in total. The Morgan fingerprint density at radius 1 is 1.20 bits per heavy atom. The van der Waals surface area contributed by atoms with E-state index in [1.807, 2.05) is 6.07 Å². The average molecular weight is 359 g/mol. The summed E-state index contributed by atoms with van der Waals surface area (Å²) in [5, 5.41) is 0.596. The van der Waals surface area contributed by atoms with E-state index in [1.54, 1.807) is 6.20 Å². The third kappa shape index (κ3) is 4.78. The van der Waals surface area contributed by atoms with Gasteiger partial charge in [0.05, 0.1) is 5.75 Å². The Morgan fingerprint density at radius 3 is 2.56 bits per heavy atom. The predicted octanol–water partition coefficient (Wildman–Crippen LogP) is 4.07. The lowest BCUT2D eigenvalue weighted by atomic mass is 9.92. The first-order valence-corrected chi connectivity index (χ1v) is 9.49. The van der Waals surface area contributed by atoms with Gasteiger partial charge < -0.3 is 4.90 Å². The summed E-state index contributed by atoms with van der Waals surface area (Å²) in [5.41, 5.74) is 0.503. The van der Waals surface area contributed by atoms with E-state index in [0.29, 0.717) is 22.6 Å². The van der Waals surface area contributed by atoms with Crippen LogP contribution in [-0.4, -0.2) is 34.6 Å². The number of carbonyl (C=O) groups is 1. The number of carbonyl (C=O) groups excluding carboxylic acids is 1. The monoisotopic (exact) mass is 359 g/mol. The van der Waals surface area contributed by atoms with Gasteiger partial charge in [0.25, 0.3) is 0 Å². The summed E-state index contributed by atoms with van der Waals surface area (Å²) < 4.78 is 12.9. The number of rotatable bonds is 5. The second-order valence-corrected chi connectivity index (χ2v) is 7.71. The molecule has 2 aromatic rings. The summed E-state index contributed by atoms with van der Waals surface area (Å²) in [6.07, 6.45) is 2.99. The molecule has 0 saturated carbocycles. The van der Waals surface area contributed by atoms with Gasteiger partial charge in [-0.05, 0) is 48.6 Å². The summed E-state index contributed by atoms with van der Waals surface area (Å²) in [4.78, 5) is 23.4. The van der Waals surface area contributed by atoms with Crippen molar-refractivity contribution in [3.63, 3.8) is 0 Å². The van der Waals surface area contributed by atoms with Gasteiger partial charge in [-0.15, -0.1) is 0 Å². The first-order chi connectivity index (χ1) is 12.0. The molecule has 1 aliphatic heterocycles. The first kappa shape index (κ1) is 17.9. The van der Waals surface area contributed by atoms with Gasteiger partial charge in [-0.3, -0.25) is 4.79 Å². The third-order valence-electron chi connectivity index (χ3n) is 4.31. The Hall–Kier alpha value is -1.95. The lowest BCUT2D eigenvalue weighted by Gasteiger charge is -2.35. The molecule has 4 nitrogen and oxygen atoms in total. The van der Waals surface area contributed by atoms with Crippen molar-refractivity contribution < 1.29 is 9.18 Å². The van der Waals surface area contributed by atoms with Crippen molar-refractivity contribution in [1.82, 2.24) is 9.97 Å². The van der Waals surface area contributed by atoms with Crippen LogP contribution in [0.4, 0.5) is 10.2 Å². The number of benzene rings is 1. The SMILES string of the molecule is CC1CC(C)CN(c2ccnc(SCC(=O)c3ccc(F)cc3)n2)C1. The van der Waals surface area contributed by atoms with E-state index in [2.05, 4.69) is 28.7 Å². The average Bonchev–Trinajstić information content (AvgIpc) is 2.60. The molecular formula is C19H22FN3OS. The number of anilines is 1. The van der Waals surface area contributed by atoms with E-state index in [0.717, 1.165) is 18.9 Å². The maximum Gasteiger partial charge on any atom is 0.189 e. The number of hydrogen-bond donors (Lipinski definition) is 0. The number of nitrogens with zero attached hydrogens (tertiary/aromatic N) is 3. The zero-order valence-corrected chi connectivity index (χ0v) is 15.3. The molecular weight excluding hydrogens is 337 g/mol. The lowest BCUT2D eigenvalue weighted by Crippen LogP contribution is -2.39. The highest BCUT2D eigenvalue weighted by atomic mass is 32.2. The van der Waals surface area contributed by atoms with Crippen LogP contribution >= 0.6 is 11.8 Å². The van der Waals surface area contributed by atoms with Crippen LogP contribution < -0.4 is 4.90 Å². The predicted molar refractivity (Wildman–Crippen MR) is 98.6 cm³/mol. The fraction of sp³-hybridized carbons (Fsp3) is 0.421. The largest absolute Gasteiger partial charge is 0.356 e. The van der Waals surface area contributed by atoms with Gasteiger partial charge in [0.15, 0.2) is 10.9 Å². The Morgan fingerprint density at radius 2 is 1.88 bits per heavy atom. The highest BCUT2D eigenvalue weighted by Gasteiger charge is 2.23. The molecule has 0 aliphatic carbocycles. The third-order valence-corrected chi connectivity index (χ3v) is 5.17. The van der Waals surface area contributed by atoms with Gasteiger partial charge in [-0.2, -0.15) is 0 Å². The van der Waals surface area contributed by atoms with Gasteiger partial charge >= 0.3 is 0 Å². The van der Waals surface area contributed by atoms with E-state index in [1.165, 1.54) is 42.4 Å². The van der Waals surface area contributed by atoms with Crippen molar-refractivity contribution in [2.75, 3.05) is 23.7 Å². The van der Waals surface area contributed by atoms with E-state index < -0.39 is 0 Å². The van der Waals surface area contributed by atoms with Crippen molar-refractivity contribution in [2.45, 2.75) is 25.4 Å². The number of hydrogen-bond acceptors (Lipinski definition) is 5. The molecule has 0 spiro atoms. The summed E-state index contributed by atoms with van der Waals surface area (Å²) in [6.45, 7) is 6.53. The Kier molecular flexibility index (Phi) is 5.68. The highest BCUT2D eigenvalue weighted by Crippen LogP contribution is 2.26. The maximum atomic E-state index is 12.9. The molecule has 1 aromatic heterocycles. The van der Waals surface area contributed by atoms with Crippen molar-refractivity contribution in [1.29, 1.82) is 0 Å². The minimum absolute atomic E-state index is 0.0563. The molecule has 2 unspecified atom stereocenters. The molecule has 2 heterocycles. The smallest absolute Gasteiger partial charge is 0.189 e. The maximum absolute atomic E-state index is 12.9. The minimum atomic E-state index is -0.342. The fourth-order valence-corrected chi connectivity index (χ4v) is 4.00. The van der Waals surface area contributed by atoms with Crippen molar-refractivity contribution in [2.24, 2.45) is 11.8 Å². The molecule has 1 saturated heterocycles. The van der Waals surface area contributed by atoms with Crippen LogP contribution in [0.2, 0.25) is 0 Å². The molecule has 1 aliphatic rings. The molecule has 0 amide bonds. The van der Waals surface area contributed by atoms with E-state index in [9.17, 15) is 9.18 Å². The summed E-state index contributed by atoms with van der Waals surface area (Å²) in [6, 6.07) is 7.54. The molecule has 6 heteroatoms. The molecule has 0 radical (unpaired) electrons. The second kappa shape index (κ2) is 7.95. The zero-order valence-electron chi connectivity index (χ0n) is 14.5. The fourth-order valence-electron chi connectivity index (χ4n) is 3.28. The van der Waals surface area contributed by atoms with Gasteiger partial charge in [-0.25, -0.2) is 14.4 Å². The normalized spacial score (nSPS) is 20.5. The molecule has 0 bridgehead atoms. The van der Waals surface area contributed by atoms with Crippen molar-refractivity contribution >= 4 is 23.4 Å². The van der Waals surface area contributed by atoms with Crippen molar-refractivity contribution in [3.05, 3.63) is 47.9 Å². The van der Waals surface area contributed by atoms with Crippen LogP contribution in [0.15, 0.2) is 41.7 Å². The van der Waals surface area contributed by atoms with Gasteiger partial charge in [0.1, 0.15) is 11.6 Å². The number of aromatic nitrogens is 2. The molecule has 25 heavy (non-hydrogen) atoms. The summed E-state index contributed by atoms with van der Waals surface area (Å²) >= 11 is 1.32. The topological polar surface area (TPSA) is 46.1 Å². The van der Waals surface area contributed by atoms with Gasteiger partial charge in [-0.1, -0.05) is 25.6 Å². The van der Waals surface area contributed by atoms with Gasteiger partial charge in [0.2, 0.25) is 0 Å². The van der Waals surface area contributed by atoms with Crippen LogP contribution in [0.3, 0.4) is 0 Å². The minimum Gasteiger partial charge on any atom is -0.356 e. The number of ketones is 1. The number of halogens is 1. The van der Waals surface area contributed by atoms with Crippen LogP contribution in [0.5, 0.6) is 0 Å². The summed E-state index contributed by atoms with van der Waals surface area (Å²) in [5.74, 6) is 2.06. The Bertz CT molecular complexity index is 728. The molecule has 2 atom stereocenters. The van der Waals surface area contributed by atoms with Crippen LogP contribution in [0, 0.1) is 17.7 Å². The number of piperidine rings is 1. The summed E-state index contributed by atoms with van der Waals surface area (Å²) in [7, 11) is 0. The van der Waals surface area contributed by atoms with Crippen LogP contribution in [-0.2, 0) is 0 Å². The first-order valence-electron chi connectivity index (χ1n) is 8.51. The molecule has 1 fully saturated rings.